The lowest BCUT2D eigenvalue weighted by Crippen LogP contribution is -2.02. The van der Waals surface area contributed by atoms with Crippen LogP contribution in [0.3, 0.4) is 0 Å². The first-order chi connectivity index (χ1) is 15.3. The summed E-state index contributed by atoms with van der Waals surface area (Å²) in [5.74, 6) is 1.47. The number of unbranched alkanes of at least 4 members (excludes halogenated alkanes) is 11. The standard InChI is InChI=1S/C27H42N2O2/c1-3-5-7-9-11-13-17-23-31-27-21-20-25(28-29-27)24-18-14-15-19-26(24)30-22-16-12-10-8-6-4-2/h14-15,18-21H,3-13,16-17,22-23H2,1-2H3. The predicted octanol–water partition coefficient (Wildman–Crippen LogP) is 8.01. The van der Waals surface area contributed by atoms with Gasteiger partial charge in [-0.3, -0.25) is 0 Å². The van der Waals surface area contributed by atoms with Crippen molar-refractivity contribution in [2.24, 2.45) is 0 Å². The molecule has 0 spiro atoms. The highest BCUT2D eigenvalue weighted by atomic mass is 16.5. The highest BCUT2D eigenvalue weighted by Gasteiger charge is 2.08. The number of ether oxygens (including phenoxy) is 2. The Hall–Kier alpha value is -2.10. The van der Waals surface area contributed by atoms with E-state index in [-0.39, 0.29) is 0 Å². The summed E-state index contributed by atoms with van der Waals surface area (Å²) in [5.41, 5.74) is 1.81. The van der Waals surface area contributed by atoms with Gasteiger partial charge >= 0.3 is 0 Å². The number of para-hydroxylation sites is 1. The molecule has 0 saturated carbocycles. The largest absolute Gasteiger partial charge is 0.493 e. The van der Waals surface area contributed by atoms with Crippen molar-refractivity contribution in [1.82, 2.24) is 10.2 Å². The van der Waals surface area contributed by atoms with E-state index in [1.807, 2.05) is 36.4 Å². The fourth-order valence-electron chi connectivity index (χ4n) is 3.65. The Morgan fingerprint density at radius 3 is 1.77 bits per heavy atom. The van der Waals surface area contributed by atoms with Crippen molar-refractivity contribution in [3.63, 3.8) is 0 Å². The van der Waals surface area contributed by atoms with Crippen LogP contribution in [-0.4, -0.2) is 23.4 Å². The van der Waals surface area contributed by atoms with Gasteiger partial charge in [-0.15, -0.1) is 10.2 Å². The van der Waals surface area contributed by atoms with E-state index in [9.17, 15) is 0 Å². The zero-order valence-electron chi connectivity index (χ0n) is 19.8. The summed E-state index contributed by atoms with van der Waals surface area (Å²) in [4.78, 5) is 0. The van der Waals surface area contributed by atoms with E-state index in [1.54, 1.807) is 0 Å². The van der Waals surface area contributed by atoms with Crippen LogP contribution in [0.25, 0.3) is 11.3 Å². The summed E-state index contributed by atoms with van der Waals surface area (Å²) in [6, 6.07) is 12.0. The van der Waals surface area contributed by atoms with Crippen molar-refractivity contribution in [2.45, 2.75) is 97.3 Å². The molecule has 0 aliphatic carbocycles. The van der Waals surface area contributed by atoms with Gasteiger partial charge in [0.15, 0.2) is 0 Å². The summed E-state index contributed by atoms with van der Waals surface area (Å²) < 4.78 is 11.8. The maximum absolute atomic E-state index is 6.06. The molecule has 172 valence electrons. The number of hydrogen-bond donors (Lipinski definition) is 0. The van der Waals surface area contributed by atoms with E-state index in [0.29, 0.717) is 12.5 Å². The Morgan fingerprint density at radius 2 is 1.16 bits per heavy atom. The number of hydrogen-bond acceptors (Lipinski definition) is 4. The Labute approximate surface area is 189 Å². The molecule has 0 fully saturated rings. The summed E-state index contributed by atoms with van der Waals surface area (Å²) in [6.45, 7) is 5.95. The summed E-state index contributed by atoms with van der Waals surface area (Å²) in [6.07, 6.45) is 16.5. The molecular formula is C27H42N2O2. The van der Waals surface area contributed by atoms with E-state index in [1.165, 1.54) is 70.6 Å². The summed E-state index contributed by atoms with van der Waals surface area (Å²) >= 11 is 0. The fraction of sp³-hybridized carbons (Fsp3) is 0.630. The molecule has 4 heteroatoms. The highest BCUT2D eigenvalue weighted by Crippen LogP contribution is 2.28. The van der Waals surface area contributed by atoms with Crippen LogP contribution in [0.15, 0.2) is 36.4 Å². The fourth-order valence-corrected chi connectivity index (χ4v) is 3.65. The van der Waals surface area contributed by atoms with Gasteiger partial charge < -0.3 is 9.47 Å². The predicted molar refractivity (Wildman–Crippen MR) is 130 cm³/mol. The molecule has 1 aromatic heterocycles. The maximum Gasteiger partial charge on any atom is 0.233 e. The molecule has 0 atom stereocenters. The van der Waals surface area contributed by atoms with Gasteiger partial charge in [-0.05, 0) is 31.0 Å². The molecule has 2 aromatic rings. The minimum absolute atomic E-state index is 0.597. The molecule has 0 amide bonds. The Morgan fingerprint density at radius 1 is 0.581 bits per heavy atom. The Balaban J connectivity index is 1.73. The molecule has 31 heavy (non-hydrogen) atoms. The first-order valence-corrected chi connectivity index (χ1v) is 12.5. The zero-order valence-corrected chi connectivity index (χ0v) is 19.8. The third-order valence-corrected chi connectivity index (χ3v) is 5.56. The molecule has 0 radical (unpaired) electrons. The highest BCUT2D eigenvalue weighted by molar-refractivity contribution is 5.66. The summed E-state index contributed by atoms with van der Waals surface area (Å²) in [7, 11) is 0. The average molecular weight is 427 g/mol. The van der Waals surface area contributed by atoms with Crippen LogP contribution in [-0.2, 0) is 0 Å². The third-order valence-electron chi connectivity index (χ3n) is 5.56. The normalized spacial score (nSPS) is 10.9. The molecular weight excluding hydrogens is 384 g/mol. The van der Waals surface area contributed by atoms with Gasteiger partial charge in [0.25, 0.3) is 0 Å². The lowest BCUT2D eigenvalue weighted by Gasteiger charge is -2.11. The van der Waals surface area contributed by atoms with Crippen molar-refractivity contribution >= 4 is 0 Å². The van der Waals surface area contributed by atoms with E-state index in [2.05, 4.69) is 24.0 Å². The van der Waals surface area contributed by atoms with Gasteiger partial charge in [0, 0.05) is 11.6 Å². The van der Waals surface area contributed by atoms with Gasteiger partial charge in [0.2, 0.25) is 5.88 Å². The van der Waals surface area contributed by atoms with Crippen molar-refractivity contribution in [1.29, 1.82) is 0 Å². The number of nitrogens with zero attached hydrogens (tertiary/aromatic N) is 2. The topological polar surface area (TPSA) is 44.2 Å². The molecule has 0 saturated heterocycles. The smallest absolute Gasteiger partial charge is 0.233 e. The molecule has 1 aromatic carbocycles. The monoisotopic (exact) mass is 426 g/mol. The van der Waals surface area contributed by atoms with Gasteiger partial charge in [-0.2, -0.15) is 0 Å². The minimum atomic E-state index is 0.597. The molecule has 0 unspecified atom stereocenters. The molecule has 0 bridgehead atoms. The van der Waals surface area contributed by atoms with Crippen LogP contribution >= 0.6 is 0 Å². The first kappa shape index (κ1) is 25.2. The van der Waals surface area contributed by atoms with Gasteiger partial charge in [0.05, 0.1) is 18.9 Å². The average Bonchev–Trinajstić information content (AvgIpc) is 2.81. The second-order valence-corrected chi connectivity index (χ2v) is 8.34. The van der Waals surface area contributed by atoms with Crippen molar-refractivity contribution in [3.8, 4) is 22.9 Å². The molecule has 0 aliphatic heterocycles. The minimum Gasteiger partial charge on any atom is -0.493 e. The van der Waals surface area contributed by atoms with Crippen LogP contribution in [0.5, 0.6) is 11.6 Å². The quantitative estimate of drug-likeness (QED) is 0.226. The van der Waals surface area contributed by atoms with E-state index in [0.717, 1.165) is 36.5 Å². The molecule has 0 N–H and O–H groups in total. The second-order valence-electron chi connectivity index (χ2n) is 8.34. The van der Waals surface area contributed by atoms with Gasteiger partial charge in [0.1, 0.15) is 5.75 Å². The molecule has 2 rings (SSSR count). The number of rotatable bonds is 18. The van der Waals surface area contributed by atoms with Gasteiger partial charge in [-0.1, -0.05) is 96.6 Å². The van der Waals surface area contributed by atoms with E-state index < -0.39 is 0 Å². The van der Waals surface area contributed by atoms with Crippen molar-refractivity contribution in [3.05, 3.63) is 36.4 Å². The van der Waals surface area contributed by atoms with Crippen LogP contribution in [0, 0.1) is 0 Å². The SMILES string of the molecule is CCCCCCCCCOc1ccc(-c2ccccc2OCCCCCCCC)nn1. The van der Waals surface area contributed by atoms with Crippen molar-refractivity contribution in [2.75, 3.05) is 13.2 Å². The number of aromatic nitrogens is 2. The molecule has 1 heterocycles. The maximum atomic E-state index is 6.06. The lowest BCUT2D eigenvalue weighted by atomic mass is 10.1. The van der Waals surface area contributed by atoms with E-state index >= 15 is 0 Å². The molecule has 4 nitrogen and oxygen atoms in total. The van der Waals surface area contributed by atoms with Crippen LogP contribution in [0.1, 0.15) is 97.3 Å². The molecule has 0 aliphatic rings. The number of benzene rings is 1. The summed E-state index contributed by atoms with van der Waals surface area (Å²) in [5, 5.41) is 8.65. The van der Waals surface area contributed by atoms with Crippen molar-refractivity contribution < 1.29 is 9.47 Å². The second kappa shape index (κ2) is 16.6. The van der Waals surface area contributed by atoms with E-state index in [4.69, 9.17) is 9.47 Å². The lowest BCUT2D eigenvalue weighted by molar-refractivity contribution is 0.290. The van der Waals surface area contributed by atoms with Crippen LogP contribution in [0.2, 0.25) is 0 Å². The Kier molecular flexibility index (Phi) is 13.5. The van der Waals surface area contributed by atoms with Crippen LogP contribution in [0.4, 0.5) is 0 Å². The third kappa shape index (κ3) is 10.7. The zero-order chi connectivity index (χ0) is 22.0. The first-order valence-electron chi connectivity index (χ1n) is 12.5. The van der Waals surface area contributed by atoms with Gasteiger partial charge in [-0.25, -0.2) is 0 Å². The Bertz CT molecular complexity index is 688. The van der Waals surface area contributed by atoms with Crippen LogP contribution < -0.4 is 9.47 Å².